The Morgan fingerprint density at radius 3 is 2.67 bits per heavy atom. The molecule has 0 aliphatic heterocycles. The number of anilines is 1. The molecule has 84 valence electrons. The van der Waals surface area contributed by atoms with Crippen LogP contribution in [0.2, 0.25) is 0 Å². The molecular weight excluding hydrogens is 192 g/mol. The molecule has 0 fully saturated rings. The zero-order valence-corrected chi connectivity index (χ0v) is 9.29. The molecule has 5 heteroatoms. The summed E-state index contributed by atoms with van der Waals surface area (Å²) in [4.78, 5) is 8.25. The van der Waals surface area contributed by atoms with Crippen molar-refractivity contribution in [2.45, 2.75) is 13.0 Å². The fourth-order valence-corrected chi connectivity index (χ4v) is 1.15. The molecule has 0 bridgehead atoms. The summed E-state index contributed by atoms with van der Waals surface area (Å²) < 4.78 is 4.95. The molecular formula is C10H18N4O. The maximum atomic E-state index is 4.95. The Morgan fingerprint density at radius 2 is 2.07 bits per heavy atom. The second-order valence-corrected chi connectivity index (χ2v) is 3.19. The van der Waals surface area contributed by atoms with Crippen LogP contribution in [0.5, 0.6) is 0 Å². The van der Waals surface area contributed by atoms with Crippen molar-refractivity contribution < 1.29 is 4.74 Å². The van der Waals surface area contributed by atoms with Gasteiger partial charge in [-0.15, -0.1) is 0 Å². The molecule has 0 aromatic carbocycles. The summed E-state index contributed by atoms with van der Waals surface area (Å²) >= 11 is 0. The third-order valence-corrected chi connectivity index (χ3v) is 1.96. The highest BCUT2D eigenvalue weighted by Gasteiger charge is 1.95. The first-order valence-corrected chi connectivity index (χ1v) is 5.05. The molecule has 0 saturated heterocycles. The van der Waals surface area contributed by atoms with E-state index >= 15 is 0 Å². The van der Waals surface area contributed by atoms with Crippen LogP contribution < -0.4 is 10.6 Å². The van der Waals surface area contributed by atoms with Crippen molar-refractivity contribution in [2.75, 3.05) is 32.6 Å². The topological polar surface area (TPSA) is 59.1 Å². The van der Waals surface area contributed by atoms with Crippen molar-refractivity contribution >= 4 is 5.95 Å². The van der Waals surface area contributed by atoms with Crippen molar-refractivity contribution in [3.8, 4) is 0 Å². The van der Waals surface area contributed by atoms with Crippen LogP contribution in [0.15, 0.2) is 12.4 Å². The van der Waals surface area contributed by atoms with Gasteiger partial charge < -0.3 is 15.4 Å². The fraction of sp³-hybridized carbons (Fsp3) is 0.600. The van der Waals surface area contributed by atoms with E-state index in [1.807, 2.05) is 12.4 Å². The smallest absolute Gasteiger partial charge is 0.222 e. The summed E-state index contributed by atoms with van der Waals surface area (Å²) in [6, 6.07) is 0. The van der Waals surface area contributed by atoms with E-state index in [9.17, 15) is 0 Å². The lowest BCUT2D eigenvalue weighted by Crippen LogP contribution is -2.16. The van der Waals surface area contributed by atoms with Crippen LogP contribution in [0.4, 0.5) is 5.95 Å². The van der Waals surface area contributed by atoms with E-state index in [0.717, 1.165) is 31.7 Å². The first kappa shape index (κ1) is 11.9. The van der Waals surface area contributed by atoms with E-state index in [2.05, 4.69) is 20.6 Å². The van der Waals surface area contributed by atoms with E-state index < -0.39 is 0 Å². The summed E-state index contributed by atoms with van der Waals surface area (Å²) in [5.41, 5.74) is 1.09. The standard InChI is InChI=1S/C10H18N4O/c1-11-10-13-7-9(8-14-10)6-12-4-3-5-15-2/h7-8,12H,3-6H2,1-2H3,(H,11,13,14). The third-order valence-electron chi connectivity index (χ3n) is 1.96. The molecule has 0 saturated carbocycles. The maximum Gasteiger partial charge on any atom is 0.222 e. The van der Waals surface area contributed by atoms with Crippen molar-refractivity contribution in [3.05, 3.63) is 18.0 Å². The quantitative estimate of drug-likeness (QED) is 0.647. The van der Waals surface area contributed by atoms with Crippen molar-refractivity contribution in [1.82, 2.24) is 15.3 Å². The largest absolute Gasteiger partial charge is 0.385 e. The van der Waals surface area contributed by atoms with Gasteiger partial charge in [0.15, 0.2) is 0 Å². The average molecular weight is 210 g/mol. The monoisotopic (exact) mass is 210 g/mol. The van der Waals surface area contributed by atoms with Gasteiger partial charge in [0, 0.05) is 45.3 Å². The van der Waals surface area contributed by atoms with Crippen LogP contribution in [0, 0.1) is 0 Å². The molecule has 1 aromatic rings. The predicted molar refractivity (Wildman–Crippen MR) is 59.8 cm³/mol. The Morgan fingerprint density at radius 1 is 1.33 bits per heavy atom. The molecule has 2 N–H and O–H groups in total. The number of ether oxygens (including phenoxy) is 1. The second kappa shape index (κ2) is 7.14. The minimum absolute atomic E-state index is 0.651. The van der Waals surface area contributed by atoms with E-state index in [4.69, 9.17) is 4.74 Å². The van der Waals surface area contributed by atoms with Crippen LogP contribution >= 0.6 is 0 Å². The lowest BCUT2D eigenvalue weighted by Gasteiger charge is -2.04. The van der Waals surface area contributed by atoms with Gasteiger partial charge in [0.05, 0.1) is 0 Å². The van der Waals surface area contributed by atoms with Gasteiger partial charge in [0.25, 0.3) is 0 Å². The molecule has 0 amide bonds. The number of nitrogens with zero attached hydrogens (tertiary/aromatic N) is 2. The summed E-state index contributed by atoms with van der Waals surface area (Å²) in [5, 5.41) is 6.17. The van der Waals surface area contributed by atoms with Crippen LogP contribution in [0.25, 0.3) is 0 Å². The van der Waals surface area contributed by atoms with Gasteiger partial charge in [-0.2, -0.15) is 0 Å². The van der Waals surface area contributed by atoms with E-state index in [0.29, 0.717) is 5.95 Å². The van der Waals surface area contributed by atoms with Gasteiger partial charge in [0.1, 0.15) is 0 Å². The van der Waals surface area contributed by atoms with Crippen LogP contribution in [-0.4, -0.2) is 37.3 Å². The maximum absolute atomic E-state index is 4.95. The summed E-state index contributed by atoms with van der Waals surface area (Å²) in [6.07, 6.45) is 4.66. The molecule has 5 nitrogen and oxygen atoms in total. The van der Waals surface area contributed by atoms with Crippen molar-refractivity contribution in [3.63, 3.8) is 0 Å². The Labute approximate surface area is 90.3 Å². The SMILES string of the molecule is CNc1ncc(CNCCCOC)cn1. The Kier molecular flexibility index (Phi) is 5.65. The summed E-state index contributed by atoms with van der Waals surface area (Å²) in [6.45, 7) is 2.54. The van der Waals surface area contributed by atoms with E-state index in [-0.39, 0.29) is 0 Å². The number of hydrogen-bond donors (Lipinski definition) is 2. The molecule has 1 aromatic heterocycles. The molecule has 0 atom stereocenters. The van der Waals surface area contributed by atoms with Gasteiger partial charge in [0.2, 0.25) is 5.95 Å². The summed E-state index contributed by atoms with van der Waals surface area (Å²) in [5.74, 6) is 0.651. The van der Waals surface area contributed by atoms with Gasteiger partial charge >= 0.3 is 0 Å². The molecule has 0 spiro atoms. The third kappa shape index (κ3) is 4.71. The average Bonchev–Trinajstić information content (AvgIpc) is 2.30. The minimum atomic E-state index is 0.651. The second-order valence-electron chi connectivity index (χ2n) is 3.19. The lowest BCUT2D eigenvalue weighted by molar-refractivity contribution is 0.194. The molecule has 0 radical (unpaired) electrons. The molecule has 0 aliphatic carbocycles. The number of hydrogen-bond acceptors (Lipinski definition) is 5. The van der Waals surface area contributed by atoms with Crippen LogP contribution in [0.1, 0.15) is 12.0 Å². The predicted octanol–water partition coefficient (Wildman–Crippen LogP) is 0.644. The Bertz CT molecular complexity index is 263. The normalized spacial score (nSPS) is 10.3. The van der Waals surface area contributed by atoms with E-state index in [1.165, 1.54) is 0 Å². The molecule has 1 heterocycles. The molecule has 0 aliphatic rings. The van der Waals surface area contributed by atoms with Crippen molar-refractivity contribution in [2.24, 2.45) is 0 Å². The van der Waals surface area contributed by atoms with Crippen LogP contribution in [0.3, 0.4) is 0 Å². The zero-order valence-electron chi connectivity index (χ0n) is 9.29. The molecule has 0 unspecified atom stereocenters. The fourth-order valence-electron chi connectivity index (χ4n) is 1.15. The van der Waals surface area contributed by atoms with E-state index in [1.54, 1.807) is 14.2 Å². The van der Waals surface area contributed by atoms with Crippen molar-refractivity contribution in [1.29, 1.82) is 0 Å². The van der Waals surface area contributed by atoms with Crippen LogP contribution in [-0.2, 0) is 11.3 Å². The number of nitrogens with one attached hydrogen (secondary N) is 2. The van der Waals surface area contributed by atoms with Gasteiger partial charge in [-0.3, -0.25) is 0 Å². The minimum Gasteiger partial charge on any atom is -0.385 e. The first-order valence-electron chi connectivity index (χ1n) is 5.05. The Hall–Kier alpha value is -1.20. The van der Waals surface area contributed by atoms with Gasteiger partial charge in [-0.25, -0.2) is 9.97 Å². The first-order chi connectivity index (χ1) is 7.36. The number of rotatable bonds is 7. The molecule has 15 heavy (non-hydrogen) atoms. The summed E-state index contributed by atoms with van der Waals surface area (Å²) in [7, 11) is 3.52. The van der Waals surface area contributed by atoms with Gasteiger partial charge in [-0.1, -0.05) is 0 Å². The Balaban J connectivity index is 2.20. The number of methoxy groups -OCH3 is 1. The molecule has 1 rings (SSSR count). The lowest BCUT2D eigenvalue weighted by atomic mass is 10.3. The number of aromatic nitrogens is 2. The highest BCUT2D eigenvalue weighted by atomic mass is 16.5. The zero-order chi connectivity index (χ0) is 10.9. The highest BCUT2D eigenvalue weighted by Crippen LogP contribution is 1.98. The van der Waals surface area contributed by atoms with Gasteiger partial charge in [-0.05, 0) is 13.0 Å². The highest BCUT2D eigenvalue weighted by molar-refractivity contribution is 5.22.